The van der Waals surface area contributed by atoms with Crippen molar-refractivity contribution in [2.75, 3.05) is 45.7 Å². The molecular weight excluding hydrogens is 879 g/mol. The van der Waals surface area contributed by atoms with E-state index >= 15 is 0 Å². The molecule has 0 aliphatic heterocycles. The molecule has 0 spiro atoms. The number of fused-ring (bicyclic) bond motifs is 2. The molecule has 0 fully saturated rings. The zero-order chi connectivity index (χ0) is 46.3. The molecule has 8 aromatic rings. The Morgan fingerprint density at radius 2 is 1.17 bits per heavy atom. The van der Waals surface area contributed by atoms with Crippen LogP contribution < -0.4 is 30.0 Å². The van der Waals surface area contributed by atoms with Crippen LogP contribution in [0, 0.1) is 31.9 Å². The number of nitrogens with two attached hydrogens (primary N) is 1. The van der Waals surface area contributed by atoms with E-state index in [1.165, 1.54) is 26.6 Å². The van der Waals surface area contributed by atoms with Gasteiger partial charge in [0.15, 0.2) is 11.6 Å². The Balaban J connectivity index is 0.000000197. The normalized spacial score (nSPS) is 10.7. The van der Waals surface area contributed by atoms with Crippen LogP contribution in [0.2, 0.25) is 0 Å². The fourth-order valence-corrected chi connectivity index (χ4v) is 6.26. The summed E-state index contributed by atoms with van der Waals surface area (Å²) in [4.78, 5) is 36.0. The van der Waals surface area contributed by atoms with Crippen LogP contribution in [-0.2, 0) is 9.84 Å². The largest absolute Gasteiger partial charge is 0.497 e. The number of hydrogen-bond acceptors (Lipinski definition) is 18. The van der Waals surface area contributed by atoms with Crippen molar-refractivity contribution in [3.8, 4) is 34.6 Å². The van der Waals surface area contributed by atoms with Gasteiger partial charge in [-0.2, -0.15) is 28.9 Å². The lowest BCUT2D eigenvalue weighted by atomic mass is 10.2. The number of nitrogens with one attached hydrogen (secondary N) is 1. The fourth-order valence-electron chi connectivity index (χ4n) is 5.74. The highest BCUT2D eigenvalue weighted by molar-refractivity contribution is 7.90. The molecule has 338 valence electrons. The molecule has 0 saturated carbocycles. The van der Waals surface area contributed by atoms with Gasteiger partial charge in [-0.1, -0.05) is 7.43 Å². The molecular formula is C40H38F2N12O10S. The van der Waals surface area contributed by atoms with E-state index in [9.17, 15) is 37.4 Å². The molecule has 0 atom stereocenters. The summed E-state index contributed by atoms with van der Waals surface area (Å²) < 4.78 is 73.1. The fraction of sp³-hybridized carbons (Fsp3) is 0.150. The van der Waals surface area contributed by atoms with Crippen molar-refractivity contribution in [3.05, 3.63) is 129 Å². The van der Waals surface area contributed by atoms with Gasteiger partial charge >= 0.3 is 11.4 Å². The van der Waals surface area contributed by atoms with Gasteiger partial charge in [-0.25, -0.2) is 27.7 Å². The maximum atomic E-state index is 13.9. The minimum atomic E-state index is -3.46. The van der Waals surface area contributed by atoms with Crippen molar-refractivity contribution in [3.63, 3.8) is 0 Å². The van der Waals surface area contributed by atoms with Crippen molar-refractivity contribution in [2.45, 2.75) is 12.6 Å². The molecule has 22 nitrogen and oxygen atoms in total. The van der Waals surface area contributed by atoms with Crippen LogP contribution in [-0.4, -0.2) is 92.5 Å². The first-order valence-corrected chi connectivity index (χ1v) is 19.9. The standard InChI is InChI=1S/C19H15FN6O4.C13H12N4O3S.C7H7FN2O3.CH4/c1-29-12-3-4-15-11(7-12)10-22-25(15)18-5-6-21-19(24-18)23-14-9-16(26(27)28)13(20)8-17(14)30-2;1-20-10-3-4-11-9(7-10)8-15-17(11)12-5-6-14-13(16-12)21(2,18)19;1-13-7-2-4(8)6(10(11)12)3-5(7)9;/h3-10H,1-2H3,(H,21,23,24);3-8H,1-2H3;2-3H,9H2,1H3;1H4. The van der Waals surface area contributed by atoms with Crippen LogP contribution in [0.3, 0.4) is 0 Å². The number of nitro groups is 2. The van der Waals surface area contributed by atoms with Crippen LogP contribution in [0.25, 0.3) is 33.4 Å². The number of methoxy groups -OCH3 is 4. The first-order valence-electron chi connectivity index (χ1n) is 18.0. The number of hydrogen-bond donors (Lipinski definition) is 2. The molecule has 0 aliphatic carbocycles. The number of sulfone groups is 1. The van der Waals surface area contributed by atoms with E-state index in [0.29, 0.717) is 17.4 Å². The second-order valence-electron chi connectivity index (χ2n) is 12.9. The molecule has 65 heavy (non-hydrogen) atoms. The van der Waals surface area contributed by atoms with Crippen molar-refractivity contribution in [1.29, 1.82) is 0 Å². The van der Waals surface area contributed by atoms with Crippen LogP contribution in [0.15, 0.2) is 103 Å². The first kappa shape index (κ1) is 47.4. The molecule has 4 aromatic heterocycles. The topological polar surface area (TPSA) is 283 Å². The second kappa shape index (κ2) is 20.1. The number of nitro benzene ring substituents is 2. The van der Waals surface area contributed by atoms with Crippen LogP contribution in [0.5, 0.6) is 23.0 Å². The molecule has 0 aliphatic rings. The van der Waals surface area contributed by atoms with Gasteiger partial charge < -0.3 is 30.0 Å². The lowest BCUT2D eigenvalue weighted by Crippen LogP contribution is -2.08. The van der Waals surface area contributed by atoms with Crippen molar-refractivity contribution >= 4 is 60.3 Å². The van der Waals surface area contributed by atoms with Crippen molar-refractivity contribution < 1.29 is 46.0 Å². The Morgan fingerprint density at radius 3 is 1.66 bits per heavy atom. The third kappa shape index (κ3) is 10.7. The summed E-state index contributed by atoms with van der Waals surface area (Å²) in [6.07, 6.45) is 7.32. The first-order chi connectivity index (χ1) is 30.5. The molecule has 4 aromatic carbocycles. The Morgan fingerprint density at radius 1 is 0.677 bits per heavy atom. The van der Waals surface area contributed by atoms with Gasteiger partial charge in [-0.3, -0.25) is 20.2 Å². The Labute approximate surface area is 367 Å². The van der Waals surface area contributed by atoms with E-state index in [2.05, 4.69) is 40.2 Å². The van der Waals surface area contributed by atoms with Crippen LogP contribution in [0.4, 0.5) is 37.5 Å². The molecule has 0 radical (unpaired) electrons. The van der Waals surface area contributed by atoms with E-state index in [1.807, 2.05) is 30.3 Å². The van der Waals surface area contributed by atoms with Gasteiger partial charge in [0.1, 0.15) is 23.0 Å². The Bertz CT molecular complexity index is 3150. The lowest BCUT2D eigenvalue weighted by Gasteiger charge is -2.11. The predicted molar refractivity (Wildman–Crippen MR) is 233 cm³/mol. The number of benzene rings is 4. The van der Waals surface area contributed by atoms with Crippen molar-refractivity contribution in [2.24, 2.45) is 0 Å². The van der Waals surface area contributed by atoms with Gasteiger partial charge in [0.2, 0.25) is 32.6 Å². The quantitative estimate of drug-likeness (QED) is 0.0583. The molecule has 8 rings (SSSR count). The lowest BCUT2D eigenvalue weighted by molar-refractivity contribution is -0.387. The maximum absolute atomic E-state index is 13.9. The highest BCUT2D eigenvalue weighted by atomic mass is 32.2. The van der Waals surface area contributed by atoms with Gasteiger partial charge in [-0.15, -0.1) is 0 Å². The summed E-state index contributed by atoms with van der Waals surface area (Å²) in [5, 5.41) is 34.2. The van der Waals surface area contributed by atoms with Gasteiger partial charge in [0, 0.05) is 65.8 Å². The smallest absolute Gasteiger partial charge is 0.307 e. The summed E-state index contributed by atoms with van der Waals surface area (Å²) in [7, 11) is 2.34. The zero-order valence-electron chi connectivity index (χ0n) is 34.0. The zero-order valence-corrected chi connectivity index (χ0v) is 34.9. The van der Waals surface area contributed by atoms with Crippen molar-refractivity contribution in [1.82, 2.24) is 39.5 Å². The summed E-state index contributed by atoms with van der Waals surface area (Å²) in [6.45, 7) is 0. The summed E-state index contributed by atoms with van der Waals surface area (Å²) >= 11 is 0. The number of ether oxygens (including phenoxy) is 4. The SMILES string of the molecule is C.COc1cc(F)c([N+](=O)[O-])cc1N.COc1ccc2c(cnn2-c2ccnc(Nc3cc([N+](=O)[O-])c(F)cc3OC)n2)c1.COc1ccc2c(cnn2-c2ccnc(S(C)(=O)=O)n2)c1. The van der Waals surface area contributed by atoms with Gasteiger partial charge in [0.05, 0.1) is 73.1 Å². The molecule has 4 heterocycles. The third-order valence-corrected chi connectivity index (χ3v) is 9.64. The molecule has 0 unspecified atom stereocenters. The molecule has 25 heteroatoms. The van der Waals surface area contributed by atoms with Crippen LogP contribution in [0.1, 0.15) is 7.43 Å². The second-order valence-corrected chi connectivity index (χ2v) is 14.8. The summed E-state index contributed by atoms with van der Waals surface area (Å²) in [6, 6.07) is 18.0. The number of nitrogens with zero attached hydrogens (tertiary/aromatic N) is 10. The molecule has 3 N–H and O–H groups in total. The number of nitrogen functional groups attached to an aromatic ring is 1. The highest BCUT2D eigenvalue weighted by Gasteiger charge is 2.21. The third-order valence-electron chi connectivity index (χ3n) is 8.78. The van der Waals surface area contributed by atoms with E-state index in [-0.39, 0.29) is 41.4 Å². The van der Waals surface area contributed by atoms with Crippen LogP contribution >= 0.6 is 0 Å². The van der Waals surface area contributed by atoms with E-state index in [0.717, 1.165) is 58.1 Å². The molecule has 0 amide bonds. The monoisotopic (exact) mass is 916 g/mol. The predicted octanol–water partition coefficient (Wildman–Crippen LogP) is 6.81. The maximum Gasteiger partial charge on any atom is 0.307 e. The van der Waals surface area contributed by atoms with Gasteiger partial charge in [-0.05, 0) is 36.4 Å². The number of halogens is 2. The summed E-state index contributed by atoms with van der Waals surface area (Å²) in [5.74, 6) is 0.606. The van der Waals surface area contributed by atoms with Gasteiger partial charge in [0.25, 0.3) is 0 Å². The average molecular weight is 917 g/mol. The summed E-state index contributed by atoms with van der Waals surface area (Å²) in [5.41, 5.74) is 5.78. The number of aromatic nitrogens is 8. The van der Waals surface area contributed by atoms with E-state index in [1.54, 1.807) is 54.2 Å². The number of rotatable bonds is 11. The molecule has 0 bridgehead atoms. The Kier molecular flexibility index (Phi) is 14.6. The highest BCUT2D eigenvalue weighted by Crippen LogP contribution is 2.34. The average Bonchev–Trinajstić information content (AvgIpc) is 3.91. The number of anilines is 3. The van der Waals surface area contributed by atoms with E-state index < -0.39 is 42.7 Å². The van der Waals surface area contributed by atoms with E-state index in [4.69, 9.17) is 19.9 Å². The molecule has 0 saturated heterocycles. The minimum absolute atomic E-state index is 0. The Hall–Kier alpha value is -8.61. The minimum Gasteiger partial charge on any atom is -0.497 e.